The lowest BCUT2D eigenvalue weighted by Crippen LogP contribution is -2.23. The molecule has 0 N–H and O–H groups in total. The molecule has 1 heterocycles. The van der Waals surface area contributed by atoms with Gasteiger partial charge in [0.2, 0.25) is 0 Å². The topological polar surface area (TPSA) is 0 Å². The van der Waals surface area contributed by atoms with E-state index < -0.39 is 0 Å². The molecule has 3 atom stereocenters. The standard InChI is InChI=1S/C26H20S.C16H16.C14H14.C7H8.C3H6/c1-26(17-9-3-2-4-10-17)21-13-7-5-12-20(21)24-22(26)16-15-19-18-11-6-8-14-23(18)27-25(19)24;1-3-15-6-4-5-7-16(15)12-14-10-8-13(2)9-11-14;1-12-8-10-14(11-9-12)13-6-4-2-3-5-7-13;1-7-5-3-2-4-6-7;1-3-2/h2-16,18,23H,1H3;3-12H,1-2H3;2-4,6-11H,5H2,1H3;2-6H,1H3;3H,1H2,2H3/b;15-3-,16-12+;;;. The van der Waals surface area contributed by atoms with E-state index in [1.54, 1.807) is 6.08 Å². The number of hydrogen-bond donors (Lipinski definition) is 0. The smallest absolute Gasteiger partial charge is 0.0435 e. The van der Waals surface area contributed by atoms with E-state index in [-0.39, 0.29) is 5.41 Å². The van der Waals surface area contributed by atoms with Crippen LogP contribution in [0, 0.1) is 20.8 Å². The van der Waals surface area contributed by atoms with E-state index in [0.29, 0.717) is 11.2 Å². The molecule has 7 aromatic carbocycles. The molecule has 0 saturated carbocycles. The highest BCUT2D eigenvalue weighted by Gasteiger charge is 2.44. The van der Waals surface area contributed by atoms with Crippen molar-refractivity contribution in [1.29, 1.82) is 0 Å². The predicted molar refractivity (Wildman–Crippen MR) is 294 cm³/mol. The molecule has 1 heteroatoms. The molecule has 0 amide bonds. The molecule has 0 fully saturated rings. The van der Waals surface area contributed by atoms with Gasteiger partial charge in [-0.05, 0) is 109 Å². The number of hydrogen-bond acceptors (Lipinski definition) is 1. The molecule has 11 rings (SSSR count). The Balaban J connectivity index is 0.000000143. The highest BCUT2D eigenvalue weighted by Crippen LogP contribution is 2.60. The highest BCUT2D eigenvalue weighted by molar-refractivity contribution is 8.00. The maximum atomic E-state index is 3.36. The summed E-state index contributed by atoms with van der Waals surface area (Å²) in [5, 5.41) is 3.09. The van der Waals surface area contributed by atoms with Gasteiger partial charge in [-0.15, -0.1) is 18.3 Å². The summed E-state index contributed by atoms with van der Waals surface area (Å²) in [7, 11) is 0. The molecule has 3 aliphatic carbocycles. The van der Waals surface area contributed by atoms with E-state index >= 15 is 0 Å². The normalized spacial score (nSPS) is 18.0. The molecule has 7 aromatic rings. The summed E-state index contributed by atoms with van der Waals surface area (Å²) in [6.07, 6.45) is 27.0. The Kier molecular flexibility index (Phi) is 16.8. The van der Waals surface area contributed by atoms with Crippen molar-refractivity contribution < 1.29 is 0 Å². The van der Waals surface area contributed by atoms with E-state index in [4.69, 9.17) is 0 Å². The zero-order valence-electron chi connectivity index (χ0n) is 40.1. The van der Waals surface area contributed by atoms with Crippen molar-refractivity contribution in [3.05, 3.63) is 298 Å². The SMILES string of the molecule is C/C=c1/cccc/c1=C\c1ccc(C)cc1.C=CC.CC1(c2ccccc2)c2ccccc2-c2c1ccc1c2SC2C=CC=CC12.Cc1ccc(C2=CCC=CC=C2)cc1.Cc1ccccc1. The molecule has 1 aliphatic heterocycles. The molecule has 4 aliphatic rings. The van der Waals surface area contributed by atoms with Crippen LogP contribution in [0.5, 0.6) is 0 Å². The summed E-state index contributed by atoms with van der Waals surface area (Å²) >= 11 is 2.05. The van der Waals surface area contributed by atoms with Crippen LogP contribution in [0.3, 0.4) is 0 Å². The third-order valence-electron chi connectivity index (χ3n) is 12.5. The first-order valence-electron chi connectivity index (χ1n) is 23.6. The van der Waals surface area contributed by atoms with Crippen LogP contribution in [0.25, 0.3) is 28.9 Å². The Bertz CT molecular complexity index is 3010. The van der Waals surface area contributed by atoms with E-state index in [1.807, 2.05) is 36.9 Å². The molecule has 67 heavy (non-hydrogen) atoms. The first kappa shape index (κ1) is 48.0. The molecule has 0 aromatic heterocycles. The van der Waals surface area contributed by atoms with Gasteiger partial charge in [-0.3, -0.25) is 0 Å². The summed E-state index contributed by atoms with van der Waals surface area (Å²) < 4.78 is 0. The number of benzene rings is 7. The van der Waals surface area contributed by atoms with Crippen LogP contribution in [-0.2, 0) is 5.41 Å². The fraction of sp³-hybridized carbons (Fsp3) is 0.152. The van der Waals surface area contributed by atoms with Gasteiger partial charge in [-0.1, -0.05) is 253 Å². The van der Waals surface area contributed by atoms with Gasteiger partial charge in [0.25, 0.3) is 0 Å². The summed E-state index contributed by atoms with van der Waals surface area (Å²) in [6.45, 7) is 16.0. The van der Waals surface area contributed by atoms with Gasteiger partial charge in [0.05, 0.1) is 0 Å². The van der Waals surface area contributed by atoms with Crippen LogP contribution >= 0.6 is 11.8 Å². The van der Waals surface area contributed by atoms with E-state index in [9.17, 15) is 0 Å². The Hall–Kier alpha value is -6.93. The Morgan fingerprint density at radius 3 is 1.85 bits per heavy atom. The summed E-state index contributed by atoms with van der Waals surface area (Å²) in [6, 6.07) is 60.7. The van der Waals surface area contributed by atoms with Crippen molar-refractivity contribution in [3.8, 4) is 11.1 Å². The van der Waals surface area contributed by atoms with Crippen molar-refractivity contribution in [1.82, 2.24) is 0 Å². The predicted octanol–water partition coefficient (Wildman–Crippen LogP) is 16.4. The van der Waals surface area contributed by atoms with Crippen molar-refractivity contribution in [2.24, 2.45) is 0 Å². The molecule has 334 valence electrons. The molecule has 3 unspecified atom stereocenters. The first-order valence-corrected chi connectivity index (χ1v) is 24.5. The molecule has 0 saturated heterocycles. The van der Waals surface area contributed by atoms with Crippen LogP contribution in [0.15, 0.2) is 242 Å². The van der Waals surface area contributed by atoms with Gasteiger partial charge in [-0.25, -0.2) is 0 Å². The van der Waals surface area contributed by atoms with Crippen molar-refractivity contribution >= 4 is 29.5 Å². The number of allylic oxidation sites excluding steroid dienone is 10. The average molecular weight is 889 g/mol. The number of rotatable bonds is 3. The van der Waals surface area contributed by atoms with Crippen LogP contribution in [0.1, 0.15) is 83.2 Å². The van der Waals surface area contributed by atoms with Crippen LogP contribution < -0.4 is 10.4 Å². The van der Waals surface area contributed by atoms with Gasteiger partial charge in [-0.2, -0.15) is 0 Å². The number of aryl methyl sites for hydroxylation is 3. The minimum Gasteiger partial charge on any atom is -0.117 e. The highest BCUT2D eigenvalue weighted by atomic mass is 32.2. The average Bonchev–Trinajstić information content (AvgIpc) is 3.72. The van der Waals surface area contributed by atoms with Crippen molar-refractivity contribution in [3.63, 3.8) is 0 Å². The molecule has 0 spiro atoms. The van der Waals surface area contributed by atoms with Gasteiger partial charge in [0.15, 0.2) is 0 Å². The lowest BCUT2D eigenvalue weighted by Gasteiger charge is -2.28. The maximum absolute atomic E-state index is 3.36. The minimum atomic E-state index is -0.0950. The van der Waals surface area contributed by atoms with E-state index in [1.165, 1.54) is 82.1 Å². The summed E-state index contributed by atoms with van der Waals surface area (Å²) in [4.78, 5) is 1.49. The van der Waals surface area contributed by atoms with Gasteiger partial charge >= 0.3 is 0 Å². The van der Waals surface area contributed by atoms with Gasteiger partial charge in [0.1, 0.15) is 0 Å². The monoisotopic (exact) mass is 888 g/mol. The van der Waals surface area contributed by atoms with E-state index in [0.717, 1.165) is 6.42 Å². The second kappa shape index (κ2) is 23.5. The Morgan fingerprint density at radius 1 is 0.582 bits per heavy atom. The van der Waals surface area contributed by atoms with Crippen LogP contribution in [0.4, 0.5) is 0 Å². The number of fused-ring (bicyclic) bond motifs is 7. The third kappa shape index (κ3) is 11.7. The molecule has 0 radical (unpaired) electrons. The Morgan fingerprint density at radius 2 is 1.18 bits per heavy atom. The zero-order valence-corrected chi connectivity index (χ0v) is 40.9. The maximum Gasteiger partial charge on any atom is 0.0435 e. The van der Waals surface area contributed by atoms with Gasteiger partial charge in [0, 0.05) is 27.0 Å². The third-order valence-corrected chi connectivity index (χ3v) is 13.9. The fourth-order valence-corrected chi connectivity index (χ4v) is 10.5. The number of thioether (sulfide) groups is 1. The zero-order chi connectivity index (χ0) is 47.0. The second-order valence-electron chi connectivity index (χ2n) is 17.4. The largest absolute Gasteiger partial charge is 0.117 e. The van der Waals surface area contributed by atoms with Gasteiger partial charge < -0.3 is 0 Å². The molecular formula is C66H64S. The quantitative estimate of drug-likeness (QED) is 0.159. The lowest BCUT2D eigenvalue weighted by atomic mass is 9.74. The summed E-state index contributed by atoms with van der Waals surface area (Å²) in [5.74, 6) is 0.510. The molecular weight excluding hydrogens is 825 g/mol. The molecule has 0 nitrogen and oxygen atoms in total. The van der Waals surface area contributed by atoms with E-state index in [2.05, 4.69) is 260 Å². The van der Waals surface area contributed by atoms with Crippen molar-refractivity contribution in [2.75, 3.05) is 0 Å². The summed E-state index contributed by atoms with van der Waals surface area (Å²) in [5.41, 5.74) is 16.3. The van der Waals surface area contributed by atoms with Crippen LogP contribution in [0.2, 0.25) is 0 Å². The first-order chi connectivity index (χ1) is 32.7. The van der Waals surface area contributed by atoms with Crippen LogP contribution in [-0.4, -0.2) is 5.25 Å². The lowest BCUT2D eigenvalue weighted by molar-refractivity contribution is 0.712. The second-order valence-corrected chi connectivity index (χ2v) is 18.6. The molecule has 0 bridgehead atoms. The Labute approximate surface area is 405 Å². The fourth-order valence-electron chi connectivity index (χ4n) is 8.97. The minimum absolute atomic E-state index is 0.0950. The van der Waals surface area contributed by atoms with Crippen molar-refractivity contribution in [2.45, 2.75) is 69.4 Å².